The van der Waals surface area contributed by atoms with Gasteiger partial charge in [0.25, 0.3) is 11.6 Å². The Hall–Kier alpha value is -4.22. The highest BCUT2D eigenvalue weighted by Gasteiger charge is 2.12. The van der Waals surface area contributed by atoms with Gasteiger partial charge in [-0.15, -0.1) is 23.1 Å². The van der Waals surface area contributed by atoms with Crippen molar-refractivity contribution in [2.45, 2.75) is 4.90 Å². The van der Waals surface area contributed by atoms with Crippen LogP contribution in [0.3, 0.4) is 0 Å². The highest BCUT2D eigenvalue weighted by molar-refractivity contribution is 8.00. The summed E-state index contributed by atoms with van der Waals surface area (Å²) >= 11 is 2.56. The highest BCUT2D eigenvalue weighted by atomic mass is 32.2. The fraction of sp³-hybridized carbons (Fsp3) is 0.0800. The van der Waals surface area contributed by atoms with E-state index in [1.807, 2.05) is 6.07 Å². The molecule has 0 bridgehead atoms. The van der Waals surface area contributed by atoms with E-state index in [4.69, 9.17) is 4.74 Å². The summed E-state index contributed by atoms with van der Waals surface area (Å²) < 4.78 is 5.11. The van der Waals surface area contributed by atoms with Crippen molar-refractivity contribution in [1.82, 2.24) is 4.98 Å². The van der Waals surface area contributed by atoms with Gasteiger partial charge >= 0.3 is 0 Å². The maximum Gasteiger partial charge on any atom is 0.270 e. The summed E-state index contributed by atoms with van der Waals surface area (Å²) in [4.78, 5) is 40.6. The van der Waals surface area contributed by atoms with E-state index in [0.29, 0.717) is 33.4 Å². The SMILES string of the molecule is COc1ccc(C(=O)Nc2cccc(SCC(=O)Nc3nc(-c4cccc([N+](=O)[O-])c4)cs3)c2)cc1. The summed E-state index contributed by atoms with van der Waals surface area (Å²) in [6.45, 7) is 0. The second-order valence-corrected chi connectivity index (χ2v) is 9.30. The molecule has 0 atom stereocenters. The monoisotopic (exact) mass is 520 g/mol. The van der Waals surface area contributed by atoms with Crippen molar-refractivity contribution in [2.24, 2.45) is 0 Å². The van der Waals surface area contributed by atoms with Crippen molar-refractivity contribution in [3.05, 3.63) is 93.9 Å². The number of thiazole rings is 1. The summed E-state index contributed by atoms with van der Waals surface area (Å²) in [5.41, 5.74) is 2.24. The number of carbonyl (C=O) groups is 2. The van der Waals surface area contributed by atoms with Gasteiger partial charge in [-0.2, -0.15) is 0 Å². The minimum absolute atomic E-state index is 0.0232. The molecular formula is C25H20N4O5S2. The van der Waals surface area contributed by atoms with Crippen molar-refractivity contribution >= 4 is 51.4 Å². The molecule has 0 spiro atoms. The maximum atomic E-state index is 12.5. The topological polar surface area (TPSA) is 123 Å². The van der Waals surface area contributed by atoms with E-state index in [-0.39, 0.29) is 23.3 Å². The molecule has 1 heterocycles. The highest BCUT2D eigenvalue weighted by Crippen LogP contribution is 2.28. The fourth-order valence-electron chi connectivity index (χ4n) is 3.16. The van der Waals surface area contributed by atoms with Crippen molar-refractivity contribution in [3.63, 3.8) is 0 Å². The van der Waals surface area contributed by atoms with Gasteiger partial charge in [0, 0.05) is 39.2 Å². The Morgan fingerprint density at radius 1 is 1.06 bits per heavy atom. The van der Waals surface area contributed by atoms with Gasteiger partial charge in [-0.1, -0.05) is 18.2 Å². The van der Waals surface area contributed by atoms with Gasteiger partial charge in [0.2, 0.25) is 5.91 Å². The number of benzene rings is 3. The predicted molar refractivity (Wildman–Crippen MR) is 141 cm³/mol. The minimum atomic E-state index is -0.463. The van der Waals surface area contributed by atoms with E-state index in [1.54, 1.807) is 67.1 Å². The molecule has 2 N–H and O–H groups in total. The third kappa shape index (κ3) is 6.46. The van der Waals surface area contributed by atoms with Crippen LogP contribution in [0.1, 0.15) is 10.4 Å². The summed E-state index contributed by atoms with van der Waals surface area (Å²) in [5.74, 6) is 0.316. The Balaban J connectivity index is 1.32. The molecule has 0 aliphatic rings. The third-order valence-corrected chi connectivity index (χ3v) is 6.67. The number of amides is 2. The number of aromatic nitrogens is 1. The molecule has 4 rings (SSSR count). The maximum absolute atomic E-state index is 12.5. The van der Waals surface area contributed by atoms with Crippen LogP contribution in [0, 0.1) is 10.1 Å². The first-order valence-electron chi connectivity index (χ1n) is 10.6. The lowest BCUT2D eigenvalue weighted by Crippen LogP contribution is -2.14. The predicted octanol–water partition coefficient (Wildman–Crippen LogP) is 5.71. The average molecular weight is 521 g/mol. The number of hydrogen-bond acceptors (Lipinski definition) is 8. The third-order valence-electron chi connectivity index (χ3n) is 4.92. The van der Waals surface area contributed by atoms with Crippen LogP contribution in [0.2, 0.25) is 0 Å². The van der Waals surface area contributed by atoms with Gasteiger partial charge in [-0.05, 0) is 42.5 Å². The molecule has 0 unspecified atom stereocenters. The van der Waals surface area contributed by atoms with E-state index >= 15 is 0 Å². The molecule has 36 heavy (non-hydrogen) atoms. The van der Waals surface area contributed by atoms with Crippen LogP contribution in [-0.2, 0) is 4.79 Å². The Morgan fingerprint density at radius 3 is 2.58 bits per heavy atom. The quantitative estimate of drug-likeness (QED) is 0.165. The second-order valence-electron chi connectivity index (χ2n) is 7.39. The van der Waals surface area contributed by atoms with E-state index in [0.717, 1.165) is 4.90 Å². The summed E-state index contributed by atoms with van der Waals surface area (Å²) in [6, 6.07) is 20.2. The van der Waals surface area contributed by atoms with Gasteiger partial charge in [0.05, 0.1) is 23.5 Å². The van der Waals surface area contributed by atoms with Crippen molar-refractivity contribution in [3.8, 4) is 17.0 Å². The first kappa shape index (κ1) is 24.9. The van der Waals surface area contributed by atoms with Gasteiger partial charge < -0.3 is 15.4 Å². The number of nitro benzene ring substituents is 1. The summed E-state index contributed by atoms with van der Waals surface area (Å²) in [5, 5.41) is 18.7. The number of nitro groups is 1. The number of rotatable bonds is 9. The zero-order chi connectivity index (χ0) is 25.5. The molecule has 2 amide bonds. The first-order chi connectivity index (χ1) is 17.4. The number of nitrogens with one attached hydrogen (secondary N) is 2. The smallest absolute Gasteiger partial charge is 0.270 e. The largest absolute Gasteiger partial charge is 0.497 e. The minimum Gasteiger partial charge on any atom is -0.497 e. The van der Waals surface area contributed by atoms with Gasteiger partial charge in [0.1, 0.15) is 5.75 Å². The lowest BCUT2D eigenvalue weighted by Gasteiger charge is -2.08. The molecule has 0 aliphatic heterocycles. The molecule has 11 heteroatoms. The van der Waals surface area contributed by atoms with Gasteiger partial charge in [-0.3, -0.25) is 19.7 Å². The van der Waals surface area contributed by atoms with Crippen LogP contribution >= 0.6 is 23.1 Å². The standard InChI is InChI=1S/C25H20N4O5S2/c1-34-20-10-8-16(9-11-20)24(31)26-18-5-3-7-21(13-18)35-15-23(30)28-25-27-22(14-36-25)17-4-2-6-19(12-17)29(32)33/h2-14H,15H2,1H3,(H,26,31)(H,27,28,30). The Bertz CT molecular complexity index is 1410. The van der Waals surface area contributed by atoms with Gasteiger partial charge in [0.15, 0.2) is 5.13 Å². The lowest BCUT2D eigenvalue weighted by molar-refractivity contribution is -0.384. The Kier molecular flexibility index (Phi) is 7.93. The molecule has 1 aromatic heterocycles. The van der Waals surface area contributed by atoms with Crippen molar-refractivity contribution in [1.29, 1.82) is 0 Å². The van der Waals surface area contributed by atoms with Crippen LogP contribution in [0.25, 0.3) is 11.3 Å². The number of anilines is 2. The average Bonchev–Trinajstić information content (AvgIpc) is 3.36. The first-order valence-corrected chi connectivity index (χ1v) is 12.5. The van der Waals surface area contributed by atoms with Crippen LogP contribution in [0.4, 0.5) is 16.5 Å². The second kappa shape index (κ2) is 11.5. The number of methoxy groups -OCH3 is 1. The number of carbonyl (C=O) groups excluding carboxylic acids is 2. The fourth-order valence-corrected chi connectivity index (χ4v) is 4.65. The number of ether oxygens (including phenoxy) is 1. The molecule has 3 aromatic carbocycles. The molecular weight excluding hydrogens is 500 g/mol. The van der Waals surface area contributed by atoms with Crippen molar-refractivity contribution in [2.75, 3.05) is 23.5 Å². The zero-order valence-electron chi connectivity index (χ0n) is 19.0. The lowest BCUT2D eigenvalue weighted by atomic mass is 10.1. The molecule has 9 nitrogen and oxygen atoms in total. The van der Waals surface area contributed by atoms with E-state index in [9.17, 15) is 19.7 Å². The zero-order valence-corrected chi connectivity index (χ0v) is 20.6. The Morgan fingerprint density at radius 2 is 1.83 bits per heavy atom. The van der Waals surface area contributed by atoms with Gasteiger partial charge in [-0.25, -0.2) is 4.98 Å². The molecule has 182 valence electrons. The molecule has 0 saturated carbocycles. The van der Waals surface area contributed by atoms with Crippen LogP contribution in [-0.4, -0.2) is 34.6 Å². The molecule has 0 radical (unpaired) electrons. The Labute approximate surface area is 214 Å². The number of hydrogen-bond donors (Lipinski definition) is 2. The summed E-state index contributed by atoms with van der Waals surface area (Å²) in [6.07, 6.45) is 0. The normalized spacial score (nSPS) is 10.5. The van der Waals surface area contributed by atoms with Crippen LogP contribution in [0.15, 0.2) is 83.1 Å². The molecule has 0 fully saturated rings. The number of nitrogens with zero attached hydrogens (tertiary/aromatic N) is 2. The number of non-ortho nitro benzene ring substituents is 1. The summed E-state index contributed by atoms with van der Waals surface area (Å²) in [7, 11) is 1.56. The van der Waals surface area contributed by atoms with E-state index < -0.39 is 4.92 Å². The van der Waals surface area contributed by atoms with Crippen molar-refractivity contribution < 1.29 is 19.2 Å². The molecule has 0 saturated heterocycles. The van der Waals surface area contributed by atoms with Crippen LogP contribution < -0.4 is 15.4 Å². The molecule has 4 aromatic rings. The van der Waals surface area contributed by atoms with E-state index in [2.05, 4.69) is 15.6 Å². The molecule has 0 aliphatic carbocycles. The number of thioether (sulfide) groups is 1. The van der Waals surface area contributed by atoms with Crippen LogP contribution in [0.5, 0.6) is 5.75 Å². The van der Waals surface area contributed by atoms with E-state index in [1.165, 1.54) is 35.2 Å².